The molecule has 0 fully saturated rings. The largest absolute Gasteiger partial charge is 0.361 e. The van der Waals surface area contributed by atoms with Crippen molar-refractivity contribution in [3.05, 3.63) is 17.0 Å². The first kappa shape index (κ1) is 15.7. The van der Waals surface area contributed by atoms with Gasteiger partial charge in [0.15, 0.2) is 0 Å². The van der Waals surface area contributed by atoms with E-state index in [9.17, 15) is 4.79 Å². The second kappa shape index (κ2) is 7.28. The molecule has 0 bridgehead atoms. The molecule has 19 heavy (non-hydrogen) atoms. The first-order chi connectivity index (χ1) is 8.99. The molecule has 0 spiro atoms. The average molecular weight is 267 g/mol. The SMILES string of the molecule is CCC(CC)NC(=O)CNC(C)c1c(C)noc1C. The third-order valence-electron chi connectivity index (χ3n) is 3.44. The number of aryl methyl sites for hydroxylation is 2. The molecule has 0 aromatic carbocycles. The van der Waals surface area contributed by atoms with E-state index in [1.165, 1.54) is 0 Å². The van der Waals surface area contributed by atoms with Crippen molar-refractivity contribution in [2.24, 2.45) is 0 Å². The first-order valence-electron chi connectivity index (χ1n) is 6.95. The van der Waals surface area contributed by atoms with Gasteiger partial charge in [-0.05, 0) is 33.6 Å². The molecule has 1 rings (SSSR count). The lowest BCUT2D eigenvalue weighted by molar-refractivity contribution is -0.121. The van der Waals surface area contributed by atoms with Crippen LogP contribution in [0, 0.1) is 13.8 Å². The van der Waals surface area contributed by atoms with Crippen molar-refractivity contribution in [2.45, 2.75) is 59.5 Å². The van der Waals surface area contributed by atoms with Crippen LogP contribution in [0.4, 0.5) is 0 Å². The van der Waals surface area contributed by atoms with Crippen molar-refractivity contribution in [3.63, 3.8) is 0 Å². The number of nitrogens with one attached hydrogen (secondary N) is 2. The molecular weight excluding hydrogens is 242 g/mol. The zero-order chi connectivity index (χ0) is 14.4. The number of nitrogens with zero attached hydrogens (tertiary/aromatic N) is 1. The van der Waals surface area contributed by atoms with Gasteiger partial charge >= 0.3 is 0 Å². The van der Waals surface area contributed by atoms with Crippen molar-refractivity contribution in [2.75, 3.05) is 6.54 Å². The standard InChI is InChI=1S/C14H25N3O2/c1-6-12(7-2)16-13(18)8-15-9(3)14-10(4)17-19-11(14)5/h9,12,15H,6-8H2,1-5H3,(H,16,18). The van der Waals surface area contributed by atoms with Crippen LogP contribution in [0.3, 0.4) is 0 Å². The predicted molar refractivity (Wildman–Crippen MR) is 74.9 cm³/mol. The zero-order valence-electron chi connectivity index (χ0n) is 12.5. The number of rotatable bonds is 7. The Balaban J connectivity index is 2.46. The van der Waals surface area contributed by atoms with Gasteiger partial charge in [0.2, 0.25) is 5.91 Å². The molecule has 5 heteroatoms. The van der Waals surface area contributed by atoms with Crippen LogP contribution < -0.4 is 10.6 Å². The summed E-state index contributed by atoms with van der Waals surface area (Å²) in [7, 11) is 0. The van der Waals surface area contributed by atoms with E-state index in [-0.39, 0.29) is 18.0 Å². The fraction of sp³-hybridized carbons (Fsp3) is 0.714. The quantitative estimate of drug-likeness (QED) is 0.795. The maximum atomic E-state index is 11.8. The van der Waals surface area contributed by atoms with Crippen LogP contribution in [0.5, 0.6) is 0 Å². The Hall–Kier alpha value is -1.36. The van der Waals surface area contributed by atoms with Crippen molar-refractivity contribution in [1.82, 2.24) is 15.8 Å². The monoisotopic (exact) mass is 267 g/mol. The Kier molecular flexibility index (Phi) is 6.02. The van der Waals surface area contributed by atoms with E-state index in [0.29, 0.717) is 6.54 Å². The summed E-state index contributed by atoms with van der Waals surface area (Å²) in [4.78, 5) is 11.8. The molecule has 1 aromatic rings. The molecule has 108 valence electrons. The molecule has 0 saturated carbocycles. The molecule has 0 aliphatic carbocycles. The van der Waals surface area contributed by atoms with Crippen LogP contribution in [-0.2, 0) is 4.79 Å². The second-order valence-corrected chi connectivity index (χ2v) is 4.92. The Labute approximate surface area is 115 Å². The van der Waals surface area contributed by atoms with Gasteiger partial charge in [0.25, 0.3) is 0 Å². The Morgan fingerprint density at radius 1 is 1.32 bits per heavy atom. The van der Waals surface area contributed by atoms with E-state index in [0.717, 1.165) is 29.9 Å². The van der Waals surface area contributed by atoms with Gasteiger partial charge in [-0.1, -0.05) is 19.0 Å². The highest BCUT2D eigenvalue weighted by Crippen LogP contribution is 2.20. The molecular formula is C14H25N3O2. The van der Waals surface area contributed by atoms with Crippen LogP contribution in [0.2, 0.25) is 0 Å². The molecule has 5 nitrogen and oxygen atoms in total. The lowest BCUT2D eigenvalue weighted by atomic mass is 10.1. The van der Waals surface area contributed by atoms with Crippen molar-refractivity contribution >= 4 is 5.91 Å². The highest BCUT2D eigenvalue weighted by molar-refractivity contribution is 5.78. The van der Waals surface area contributed by atoms with E-state index in [1.807, 2.05) is 20.8 Å². The molecule has 1 heterocycles. The molecule has 0 saturated heterocycles. The van der Waals surface area contributed by atoms with E-state index in [4.69, 9.17) is 4.52 Å². The molecule has 2 N–H and O–H groups in total. The van der Waals surface area contributed by atoms with Crippen LogP contribution >= 0.6 is 0 Å². The molecule has 0 aliphatic heterocycles. The minimum atomic E-state index is 0.0345. The number of aromatic nitrogens is 1. The zero-order valence-corrected chi connectivity index (χ0v) is 12.5. The first-order valence-corrected chi connectivity index (χ1v) is 6.95. The number of hydrogen-bond donors (Lipinski definition) is 2. The summed E-state index contributed by atoms with van der Waals surface area (Å²) >= 11 is 0. The molecule has 1 atom stereocenters. The summed E-state index contributed by atoms with van der Waals surface area (Å²) in [5.74, 6) is 0.838. The topological polar surface area (TPSA) is 67.2 Å². The van der Waals surface area contributed by atoms with Gasteiger partial charge < -0.3 is 15.2 Å². The maximum absolute atomic E-state index is 11.8. The van der Waals surface area contributed by atoms with E-state index >= 15 is 0 Å². The third-order valence-corrected chi connectivity index (χ3v) is 3.44. The lowest BCUT2D eigenvalue weighted by Gasteiger charge is -2.17. The van der Waals surface area contributed by atoms with Crippen molar-refractivity contribution < 1.29 is 9.32 Å². The molecule has 0 radical (unpaired) electrons. The maximum Gasteiger partial charge on any atom is 0.234 e. The minimum absolute atomic E-state index is 0.0345. The summed E-state index contributed by atoms with van der Waals surface area (Å²) in [5.41, 5.74) is 1.91. The highest BCUT2D eigenvalue weighted by atomic mass is 16.5. The highest BCUT2D eigenvalue weighted by Gasteiger charge is 2.17. The Morgan fingerprint density at radius 3 is 2.42 bits per heavy atom. The molecule has 1 aromatic heterocycles. The van der Waals surface area contributed by atoms with Gasteiger partial charge in [-0.15, -0.1) is 0 Å². The molecule has 1 amide bonds. The Morgan fingerprint density at radius 2 is 1.95 bits per heavy atom. The average Bonchev–Trinajstić information content (AvgIpc) is 2.72. The van der Waals surface area contributed by atoms with Crippen LogP contribution in [0.25, 0.3) is 0 Å². The number of carbonyl (C=O) groups is 1. The van der Waals surface area contributed by atoms with Crippen LogP contribution in [0.15, 0.2) is 4.52 Å². The molecule has 1 unspecified atom stereocenters. The van der Waals surface area contributed by atoms with Gasteiger partial charge in [0, 0.05) is 17.6 Å². The van der Waals surface area contributed by atoms with Crippen LogP contribution in [0.1, 0.15) is 56.7 Å². The van der Waals surface area contributed by atoms with E-state index < -0.39 is 0 Å². The summed E-state index contributed by atoms with van der Waals surface area (Å²) in [6.45, 7) is 10.3. The van der Waals surface area contributed by atoms with Gasteiger partial charge in [0.1, 0.15) is 5.76 Å². The third kappa shape index (κ3) is 4.35. The van der Waals surface area contributed by atoms with Gasteiger partial charge in [0.05, 0.1) is 12.2 Å². The summed E-state index contributed by atoms with van der Waals surface area (Å²) in [6, 6.07) is 0.322. The van der Waals surface area contributed by atoms with E-state index in [2.05, 4.69) is 29.6 Å². The fourth-order valence-corrected chi connectivity index (χ4v) is 2.23. The smallest absolute Gasteiger partial charge is 0.234 e. The predicted octanol–water partition coefficient (Wildman–Crippen LogP) is 2.25. The van der Waals surface area contributed by atoms with Crippen molar-refractivity contribution in [3.8, 4) is 0 Å². The molecule has 0 aliphatic rings. The lowest BCUT2D eigenvalue weighted by Crippen LogP contribution is -2.40. The number of amides is 1. The number of carbonyl (C=O) groups excluding carboxylic acids is 1. The Bertz CT molecular complexity index is 391. The van der Waals surface area contributed by atoms with E-state index in [1.54, 1.807) is 0 Å². The summed E-state index contributed by atoms with van der Waals surface area (Å²) < 4.78 is 5.13. The van der Waals surface area contributed by atoms with Gasteiger partial charge in [-0.3, -0.25) is 4.79 Å². The number of hydrogen-bond acceptors (Lipinski definition) is 4. The normalized spacial score (nSPS) is 12.7. The summed E-state index contributed by atoms with van der Waals surface area (Å²) in [6.07, 6.45) is 1.92. The van der Waals surface area contributed by atoms with Crippen molar-refractivity contribution in [1.29, 1.82) is 0 Å². The second-order valence-electron chi connectivity index (χ2n) is 4.92. The van der Waals surface area contributed by atoms with Gasteiger partial charge in [-0.2, -0.15) is 0 Å². The summed E-state index contributed by atoms with van der Waals surface area (Å²) in [5, 5.41) is 10.1. The van der Waals surface area contributed by atoms with Crippen LogP contribution in [-0.4, -0.2) is 23.7 Å². The minimum Gasteiger partial charge on any atom is -0.361 e. The van der Waals surface area contributed by atoms with Gasteiger partial charge in [-0.25, -0.2) is 0 Å². The fourth-order valence-electron chi connectivity index (χ4n) is 2.23.